The molecule has 0 bridgehead atoms. The first-order valence-corrected chi connectivity index (χ1v) is 20.1. The summed E-state index contributed by atoms with van der Waals surface area (Å²) in [6.07, 6.45) is 0. The maximum absolute atomic E-state index is 6.63. The quantitative estimate of drug-likeness (QED) is 0.169. The topological polar surface area (TPSA) is 65.0 Å². The molecule has 4 heterocycles. The minimum atomic E-state index is 0.658. The normalized spacial score (nSPS) is 11.7. The van der Waals surface area contributed by atoms with Crippen LogP contribution in [-0.4, -0.2) is 15.0 Å². The predicted molar refractivity (Wildman–Crippen MR) is 245 cm³/mol. The van der Waals surface area contributed by atoms with E-state index in [0.29, 0.717) is 5.82 Å². The summed E-state index contributed by atoms with van der Waals surface area (Å²) in [5, 5.41) is 5.42. The van der Waals surface area contributed by atoms with Crippen LogP contribution in [0.5, 0.6) is 0 Å². The van der Waals surface area contributed by atoms with Crippen molar-refractivity contribution in [2.75, 3.05) is 0 Å². The minimum Gasteiger partial charge on any atom is -0.455 e. The maximum Gasteiger partial charge on any atom is 0.162 e. The van der Waals surface area contributed by atoms with Crippen molar-refractivity contribution in [3.8, 4) is 67.4 Å². The second kappa shape index (κ2) is 13.8. The highest BCUT2D eigenvalue weighted by molar-refractivity contribution is 6.22. The van der Waals surface area contributed by atoms with Crippen LogP contribution in [-0.2, 0) is 0 Å². The van der Waals surface area contributed by atoms with Crippen LogP contribution < -0.4 is 0 Å². The molecule has 5 nitrogen and oxygen atoms in total. The molecule has 0 aliphatic carbocycles. The van der Waals surface area contributed by atoms with Gasteiger partial charge in [0.15, 0.2) is 11.4 Å². The van der Waals surface area contributed by atoms with Gasteiger partial charge in [-0.05, 0) is 35.4 Å². The molecule has 280 valence electrons. The van der Waals surface area contributed by atoms with Gasteiger partial charge in [-0.3, -0.25) is 0 Å². The molecular weight excluding hydrogens is 735 g/mol. The van der Waals surface area contributed by atoms with Crippen LogP contribution in [0.15, 0.2) is 209 Å². The summed E-state index contributed by atoms with van der Waals surface area (Å²) >= 11 is 0. The van der Waals surface area contributed by atoms with E-state index in [1.54, 1.807) is 0 Å². The van der Waals surface area contributed by atoms with E-state index in [4.69, 9.17) is 23.8 Å². The van der Waals surface area contributed by atoms with Crippen molar-refractivity contribution in [2.24, 2.45) is 0 Å². The van der Waals surface area contributed by atoms with Gasteiger partial charge in [0.25, 0.3) is 0 Å². The molecule has 0 atom stereocenters. The zero-order chi connectivity index (χ0) is 39.6. The SMILES string of the molecule is c1ccc(-c2nc(-c3ccc(-c4nc5c(-c6ccccc6)cccc5c5c4oc4ccccc45)cc3)cc(-c3cccc(-c4cccc5c4oc4ccccc45)c3)n2)cc1. The molecule has 12 aromatic rings. The number of rotatable bonds is 6. The molecule has 0 unspecified atom stereocenters. The van der Waals surface area contributed by atoms with Crippen LogP contribution in [0.1, 0.15) is 0 Å². The van der Waals surface area contributed by atoms with Crippen molar-refractivity contribution in [2.45, 2.75) is 0 Å². The third-order valence-corrected chi connectivity index (χ3v) is 11.5. The molecule has 0 aliphatic heterocycles. The molecule has 0 radical (unpaired) electrons. The highest BCUT2D eigenvalue weighted by atomic mass is 16.3. The van der Waals surface area contributed by atoms with Crippen molar-refractivity contribution >= 4 is 54.8 Å². The van der Waals surface area contributed by atoms with Crippen LogP contribution in [0.25, 0.3) is 122 Å². The maximum atomic E-state index is 6.63. The highest BCUT2D eigenvalue weighted by Crippen LogP contribution is 2.42. The smallest absolute Gasteiger partial charge is 0.162 e. The van der Waals surface area contributed by atoms with Crippen molar-refractivity contribution < 1.29 is 8.83 Å². The third-order valence-electron chi connectivity index (χ3n) is 11.5. The number of pyridine rings is 1. The molecule has 5 heteroatoms. The Kier molecular flexibility index (Phi) is 7.78. The number of para-hydroxylation sites is 4. The summed E-state index contributed by atoms with van der Waals surface area (Å²) in [6.45, 7) is 0. The van der Waals surface area contributed by atoms with Crippen molar-refractivity contribution in [3.63, 3.8) is 0 Å². The van der Waals surface area contributed by atoms with Crippen LogP contribution in [0.2, 0.25) is 0 Å². The Morgan fingerprint density at radius 2 is 0.867 bits per heavy atom. The highest BCUT2D eigenvalue weighted by Gasteiger charge is 2.20. The van der Waals surface area contributed by atoms with Gasteiger partial charge in [0.05, 0.1) is 16.9 Å². The zero-order valence-electron chi connectivity index (χ0n) is 32.2. The van der Waals surface area contributed by atoms with Crippen LogP contribution in [0.4, 0.5) is 0 Å². The molecule has 0 fully saturated rings. The number of fused-ring (bicyclic) bond motifs is 8. The van der Waals surface area contributed by atoms with Crippen molar-refractivity contribution in [1.82, 2.24) is 15.0 Å². The van der Waals surface area contributed by atoms with Gasteiger partial charge < -0.3 is 8.83 Å². The number of hydrogen-bond donors (Lipinski definition) is 0. The lowest BCUT2D eigenvalue weighted by atomic mass is 9.97. The zero-order valence-corrected chi connectivity index (χ0v) is 32.2. The average molecular weight is 768 g/mol. The molecule has 0 saturated carbocycles. The second-order valence-electron chi connectivity index (χ2n) is 15.1. The van der Waals surface area contributed by atoms with Crippen molar-refractivity contribution in [1.29, 1.82) is 0 Å². The van der Waals surface area contributed by atoms with E-state index in [-0.39, 0.29) is 0 Å². The Labute approximate surface area is 344 Å². The van der Waals surface area contributed by atoms with Gasteiger partial charge in [0, 0.05) is 60.3 Å². The van der Waals surface area contributed by atoms with Gasteiger partial charge in [-0.2, -0.15) is 0 Å². The van der Waals surface area contributed by atoms with Gasteiger partial charge in [-0.15, -0.1) is 0 Å². The van der Waals surface area contributed by atoms with Crippen LogP contribution >= 0.6 is 0 Å². The number of aromatic nitrogens is 3. The summed E-state index contributed by atoms with van der Waals surface area (Å²) in [5.41, 5.74) is 14.9. The Morgan fingerprint density at radius 3 is 1.65 bits per heavy atom. The van der Waals surface area contributed by atoms with E-state index < -0.39 is 0 Å². The Morgan fingerprint density at radius 1 is 0.317 bits per heavy atom. The fourth-order valence-electron chi connectivity index (χ4n) is 8.63. The molecule has 0 spiro atoms. The van der Waals surface area contributed by atoms with E-state index in [9.17, 15) is 0 Å². The molecule has 4 aromatic heterocycles. The standard InChI is InChI=1S/C55H33N3O2/c1-3-14-34(15-4-1)40-22-12-25-45-50-44-21-8-10-27-49(44)60-54(50)51(58-52(40)45)36-30-28-35(29-31-36)46-33-47(57-55(56-46)37-16-5-2-6-17-37)39-19-11-18-38(32-39)41-23-13-24-43-42-20-7-9-26-48(42)59-53(41)43/h1-33H. The fraction of sp³-hybridized carbons (Fsp3) is 0. The fourth-order valence-corrected chi connectivity index (χ4v) is 8.63. The van der Waals surface area contributed by atoms with Crippen LogP contribution in [0.3, 0.4) is 0 Å². The van der Waals surface area contributed by atoms with E-state index in [0.717, 1.165) is 116 Å². The molecule has 60 heavy (non-hydrogen) atoms. The molecular formula is C55H33N3O2. The average Bonchev–Trinajstić information content (AvgIpc) is 3.91. The van der Waals surface area contributed by atoms with Gasteiger partial charge in [0.1, 0.15) is 22.4 Å². The van der Waals surface area contributed by atoms with E-state index >= 15 is 0 Å². The van der Waals surface area contributed by atoms with Gasteiger partial charge in [-0.1, -0.05) is 176 Å². The van der Waals surface area contributed by atoms with Gasteiger partial charge in [0.2, 0.25) is 0 Å². The Hall–Kier alpha value is -8.15. The summed E-state index contributed by atoms with van der Waals surface area (Å²) in [6, 6.07) is 68.9. The number of furan rings is 2. The summed E-state index contributed by atoms with van der Waals surface area (Å²) in [7, 11) is 0. The lowest BCUT2D eigenvalue weighted by Crippen LogP contribution is -1.96. The first kappa shape index (κ1) is 33.9. The molecule has 8 aromatic carbocycles. The van der Waals surface area contributed by atoms with E-state index in [1.807, 2.05) is 48.5 Å². The lowest BCUT2D eigenvalue weighted by molar-refractivity contribution is 0.668. The number of hydrogen-bond acceptors (Lipinski definition) is 5. The minimum absolute atomic E-state index is 0.658. The third kappa shape index (κ3) is 5.59. The molecule has 0 N–H and O–H groups in total. The largest absolute Gasteiger partial charge is 0.455 e. The number of nitrogens with zero attached hydrogens (tertiary/aromatic N) is 3. The summed E-state index contributed by atoms with van der Waals surface area (Å²) in [5.74, 6) is 0.658. The predicted octanol–water partition coefficient (Wildman–Crippen LogP) is 14.8. The number of benzene rings is 8. The molecule has 0 aliphatic rings. The summed E-state index contributed by atoms with van der Waals surface area (Å²) in [4.78, 5) is 15.7. The second-order valence-corrected chi connectivity index (χ2v) is 15.1. The molecule has 0 saturated heterocycles. The Bertz CT molecular complexity index is 3590. The molecule has 0 amide bonds. The lowest BCUT2D eigenvalue weighted by Gasteiger charge is -2.12. The van der Waals surface area contributed by atoms with Crippen molar-refractivity contribution in [3.05, 3.63) is 200 Å². The van der Waals surface area contributed by atoms with E-state index in [2.05, 4.69) is 152 Å². The van der Waals surface area contributed by atoms with E-state index in [1.165, 1.54) is 0 Å². The first-order chi connectivity index (χ1) is 29.7. The first-order valence-electron chi connectivity index (χ1n) is 20.1. The van der Waals surface area contributed by atoms with Crippen LogP contribution in [0, 0.1) is 0 Å². The molecule has 12 rings (SSSR count). The summed E-state index contributed by atoms with van der Waals surface area (Å²) < 4.78 is 13.1. The van der Waals surface area contributed by atoms with Gasteiger partial charge >= 0.3 is 0 Å². The monoisotopic (exact) mass is 767 g/mol. The van der Waals surface area contributed by atoms with Gasteiger partial charge in [-0.25, -0.2) is 15.0 Å². The Balaban J connectivity index is 0.994.